The lowest BCUT2D eigenvalue weighted by molar-refractivity contribution is 0.256. The number of likely N-dealkylation sites (tertiary alicyclic amines) is 1. The van der Waals surface area contributed by atoms with Crippen LogP contribution in [0.5, 0.6) is 0 Å². The highest BCUT2D eigenvalue weighted by Gasteiger charge is 2.22. The molecule has 2 nitrogen and oxygen atoms in total. The van der Waals surface area contributed by atoms with Gasteiger partial charge in [-0.25, -0.2) is 0 Å². The van der Waals surface area contributed by atoms with Crippen molar-refractivity contribution in [3.8, 4) is 0 Å². The smallest absolute Gasteiger partial charge is 0.0328 e. The van der Waals surface area contributed by atoms with E-state index in [4.69, 9.17) is 5.73 Å². The molecule has 0 bridgehead atoms. The molecule has 1 aromatic rings. The fourth-order valence-corrected chi connectivity index (χ4v) is 3.22. The van der Waals surface area contributed by atoms with Gasteiger partial charge in [0.25, 0.3) is 0 Å². The van der Waals surface area contributed by atoms with Gasteiger partial charge in [-0.3, -0.25) is 4.90 Å². The largest absolute Gasteiger partial charge is 0.399 e. The molecule has 0 aromatic heterocycles. The topological polar surface area (TPSA) is 29.3 Å². The number of nitrogens with two attached hydrogens (primary N) is 1. The third-order valence-corrected chi connectivity index (χ3v) is 4.28. The molecule has 1 aliphatic rings. The Labute approximate surface area is 119 Å². The minimum Gasteiger partial charge on any atom is -0.399 e. The zero-order valence-electron chi connectivity index (χ0n) is 11.4. The summed E-state index contributed by atoms with van der Waals surface area (Å²) < 4.78 is 1.08. The Morgan fingerprint density at radius 1 is 1.22 bits per heavy atom. The molecule has 0 amide bonds. The van der Waals surface area contributed by atoms with Crippen molar-refractivity contribution < 1.29 is 0 Å². The molecule has 1 heterocycles. The van der Waals surface area contributed by atoms with Gasteiger partial charge in [0.15, 0.2) is 0 Å². The Balaban J connectivity index is 2.00. The second kappa shape index (κ2) is 5.62. The average Bonchev–Trinajstić information content (AvgIpc) is 2.39. The van der Waals surface area contributed by atoms with E-state index in [2.05, 4.69) is 46.8 Å². The van der Waals surface area contributed by atoms with E-state index in [-0.39, 0.29) is 0 Å². The van der Waals surface area contributed by atoms with Crippen LogP contribution in [0.2, 0.25) is 0 Å². The van der Waals surface area contributed by atoms with E-state index in [1.165, 1.54) is 37.9 Å². The van der Waals surface area contributed by atoms with Crippen LogP contribution in [0.1, 0.15) is 38.7 Å². The van der Waals surface area contributed by atoms with Crippen LogP contribution in [0, 0.1) is 5.41 Å². The van der Waals surface area contributed by atoms with E-state index < -0.39 is 0 Å². The minimum atomic E-state index is 0.505. The van der Waals surface area contributed by atoms with Crippen molar-refractivity contribution in [3.63, 3.8) is 0 Å². The maximum Gasteiger partial charge on any atom is 0.0328 e. The molecule has 2 rings (SSSR count). The van der Waals surface area contributed by atoms with E-state index >= 15 is 0 Å². The molecule has 1 fully saturated rings. The van der Waals surface area contributed by atoms with Crippen LogP contribution in [-0.4, -0.2) is 18.0 Å². The first-order valence-corrected chi connectivity index (χ1v) is 7.51. The van der Waals surface area contributed by atoms with Gasteiger partial charge in [-0.1, -0.05) is 29.8 Å². The van der Waals surface area contributed by atoms with Gasteiger partial charge in [0, 0.05) is 16.7 Å². The van der Waals surface area contributed by atoms with Gasteiger partial charge in [0.1, 0.15) is 0 Å². The maximum atomic E-state index is 5.89. The highest BCUT2D eigenvalue weighted by molar-refractivity contribution is 9.10. The van der Waals surface area contributed by atoms with Crippen molar-refractivity contribution >= 4 is 21.6 Å². The Hall–Kier alpha value is -0.540. The second-order valence-corrected chi connectivity index (χ2v) is 7.10. The standard InChI is InChI=1S/C15H23BrN2/c1-15(2)4-3-6-18(7-5-15)11-12-8-13(16)10-14(17)9-12/h8-10H,3-7,11,17H2,1-2H3. The summed E-state index contributed by atoms with van der Waals surface area (Å²) in [4.78, 5) is 2.55. The third kappa shape index (κ3) is 3.99. The van der Waals surface area contributed by atoms with Crippen LogP contribution >= 0.6 is 15.9 Å². The lowest BCUT2D eigenvalue weighted by atomic mass is 9.85. The number of benzene rings is 1. The number of nitrogens with zero attached hydrogens (tertiary/aromatic N) is 1. The monoisotopic (exact) mass is 310 g/mol. The fraction of sp³-hybridized carbons (Fsp3) is 0.600. The summed E-state index contributed by atoms with van der Waals surface area (Å²) in [5, 5.41) is 0. The van der Waals surface area contributed by atoms with Crippen LogP contribution in [-0.2, 0) is 6.54 Å². The van der Waals surface area contributed by atoms with Crippen molar-refractivity contribution in [1.29, 1.82) is 0 Å². The average molecular weight is 311 g/mol. The summed E-state index contributed by atoms with van der Waals surface area (Å²) in [7, 11) is 0. The summed E-state index contributed by atoms with van der Waals surface area (Å²) >= 11 is 3.51. The van der Waals surface area contributed by atoms with E-state index in [0.717, 1.165) is 16.7 Å². The van der Waals surface area contributed by atoms with Gasteiger partial charge in [0.05, 0.1) is 0 Å². The lowest BCUT2D eigenvalue weighted by Crippen LogP contribution is -2.25. The number of nitrogen functional groups attached to an aromatic ring is 1. The molecule has 0 unspecified atom stereocenters. The Bertz CT molecular complexity index is 395. The Morgan fingerprint density at radius 3 is 2.72 bits per heavy atom. The van der Waals surface area contributed by atoms with Gasteiger partial charge < -0.3 is 5.73 Å². The van der Waals surface area contributed by atoms with Crippen molar-refractivity contribution in [3.05, 3.63) is 28.2 Å². The van der Waals surface area contributed by atoms with Crippen LogP contribution in [0.15, 0.2) is 22.7 Å². The van der Waals surface area contributed by atoms with Crippen molar-refractivity contribution in [2.24, 2.45) is 5.41 Å². The molecule has 0 atom stereocenters. The van der Waals surface area contributed by atoms with Crippen LogP contribution in [0.4, 0.5) is 5.69 Å². The van der Waals surface area contributed by atoms with Gasteiger partial charge in [-0.15, -0.1) is 0 Å². The first-order chi connectivity index (χ1) is 8.44. The molecule has 0 spiro atoms. The number of anilines is 1. The predicted molar refractivity (Wildman–Crippen MR) is 81.5 cm³/mol. The Morgan fingerprint density at radius 2 is 2.00 bits per heavy atom. The normalized spacial score (nSPS) is 20.6. The highest BCUT2D eigenvalue weighted by Crippen LogP contribution is 2.30. The predicted octanol–water partition coefficient (Wildman–Crippen LogP) is 4.04. The lowest BCUT2D eigenvalue weighted by Gasteiger charge is -2.23. The highest BCUT2D eigenvalue weighted by atomic mass is 79.9. The maximum absolute atomic E-state index is 5.89. The molecule has 1 aromatic carbocycles. The van der Waals surface area contributed by atoms with Crippen molar-refractivity contribution in [2.75, 3.05) is 18.8 Å². The van der Waals surface area contributed by atoms with E-state index in [1.54, 1.807) is 0 Å². The van der Waals surface area contributed by atoms with E-state index in [1.807, 2.05) is 6.07 Å². The quantitative estimate of drug-likeness (QED) is 0.835. The van der Waals surface area contributed by atoms with Crippen LogP contribution < -0.4 is 5.73 Å². The van der Waals surface area contributed by atoms with Crippen molar-refractivity contribution in [2.45, 2.75) is 39.7 Å². The van der Waals surface area contributed by atoms with Crippen LogP contribution in [0.3, 0.4) is 0 Å². The van der Waals surface area contributed by atoms with Gasteiger partial charge >= 0.3 is 0 Å². The third-order valence-electron chi connectivity index (χ3n) is 3.82. The Kier molecular flexibility index (Phi) is 4.33. The molecule has 0 aliphatic carbocycles. The molecule has 3 heteroatoms. The molecule has 2 N–H and O–H groups in total. The molecule has 0 saturated carbocycles. The molecule has 18 heavy (non-hydrogen) atoms. The fourth-order valence-electron chi connectivity index (χ4n) is 2.66. The number of hydrogen-bond acceptors (Lipinski definition) is 2. The molecule has 100 valence electrons. The van der Waals surface area contributed by atoms with E-state index in [9.17, 15) is 0 Å². The SMILES string of the molecule is CC1(C)CCCN(Cc2cc(N)cc(Br)c2)CC1. The van der Waals surface area contributed by atoms with E-state index in [0.29, 0.717) is 5.41 Å². The zero-order valence-corrected chi connectivity index (χ0v) is 13.0. The first kappa shape index (κ1) is 13.9. The summed E-state index contributed by atoms with van der Waals surface area (Å²) in [5.41, 5.74) is 8.54. The zero-order chi connectivity index (χ0) is 13.2. The number of hydrogen-bond donors (Lipinski definition) is 1. The number of halogens is 1. The van der Waals surface area contributed by atoms with Gasteiger partial charge in [-0.2, -0.15) is 0 Å². The molecule has 1 aliphatic heterocycles. The second-order valence-electron chi connectivity index (χ2n) is 6.19. The molecular weight excluding hydrogens is 288 g/mol. The first-order valence-electron chi connectivity index (χ1n) is 6.72. The molecule has 0 radical (unpaired) electrons. The minimum absolute atomic E-state index is 0.505. The summed E-state index contributed by atoms with van der Waals surface area (Å²) in [5.74, 6) is 0. The van der Waals surface area contributed by atoms with Gasteiger partial charge in [-0.05, 0) is 61.5 Å². The molecular formula is C15H23BrN2. The summed E-state index contributed by atoms with van der Waals surface area (Å²) in [6.45, 7) is 8.18. The van der Waals surface area contributed by atoms with Gasteiger partial charge in [0.2, 0.25) is 0 Å². The summed E-state index contributed by atoms with van der Waals surface area (Å²) in [6.07, 6.45) is 3.93. The van der Waals surface area contributed by atoms with Crippen molar-refractivity contribution in [1.82, 2.24) is 4.90 Å². The number of rotatable bonds is 2. The molecule has 1 saturated heterocycles. The van der Waals surface area contributed by atoms with Crippen LogP contribution in [0.25, 0.3) is 0 Å². The summed E-state index contributed by atoms with van der Waals surface area (Å²) in [6, 6.07) is 6.21.